The van der Waals surface area contributed by atoms with E-state index in [0.717, 1.165) is 29.7 Å². The van der Waals surface area contributed by atoms with Crippen molar-refractivity contribution < 1.29 is 9.53 Å². The van der Waals surface area contributed by atoms with E-state index in [9.17, 15) is 4.79 Å². The first kappa shape index (κ1) is 18.6. The van der Waals surface area contributed by atoms with E-state index in [1.165, 1.54) is 0 Å². The number of hydrogen-bond donors (Lipinski definition) is 1. The first-order valence-corrected chi connectivity index (χ1v) is 9.13. The van der Waals surface area contributed by atoms with E-state index in [-0.39, 0.29) is 5.91 Å². The molecule has 27 heavy (non-hydrogen) atoms. The number of nitrogens with zero attached hydrogens (tertiary/aromatic N) is 2. The fourth-order valence-electron chi connectivity index (χ4n) is 2.60. The zero-order valence-electron chi connectivity index (χ0n) is 15.4. The van der Waals surface area contributed by atoms with E-state index in [4.69, 9.17) is 4.74 Å². The monoisotopic (exact) mass is 361 g/mol. The third-order valence-corrected chi connectivity index (χ3v) is 4.01. The number of unbranched alkanes of at least 4 members (excludes halogenated alkanes) is 1. The minimum atomic E-state index is -0.213. The molecule has 0 aliphatic rings. The number of pyridine rings is 2. The largest absolute Gasteiger partial charge is 0.490 e. The number of ether oxygens (including phenoxy) is 1. The minimum Gasteiger partial charge on any atom is -0.490 e. The molecule has 0 aliphatic heterocycles. The average Bonchev–Trinajstić information content (AvgIpc) is 2.72. The fourth-order valence-corrected chi connectivity index (χ4v) is 2.60. The van der Waals surface area contributed by atoms with Gasteiger partial charge in [0.05, 0.1) is 11.0 Å². The Hall–Kier alpha value is -3.21. The van der Waals surface area contributed by atoms with Gasteiger partial charge in [-0.05, 0) is 48.4 Å². The fraction of sp³-hybridized carbons (Fsp3) is 0.227. The van der Waals surface area contributed by atoms with Crippen LogP contribution in [0.2, 0.25) is 0 Å². The molecule has 0 unspecified atom stereocenters. The van der Waals surface area contributed by atoms with Crippen molar-refractivity contribution in [3.63, 3.8) is 0 Å². The Kier molecular flexibility index (Phi) is 6.52. The second-order valence-corrected chi connectivity index (χ2v) is 6.14. The summed E-state index contributed by atoms with van der Waals surface area (Å²) in [5.41, 5.74) is 2.83. The van der Waals surface area contributed by atoms with Crippen molar-refractivity contribution in [1.82, 2.24) is 15.3 Å². The normalized spacial score (nSPS) is 11.0. The lowest BCUT2D eigenvalue weighted by molar-refractivity contribution is 0.0946. The number of benzene rings is 1. The van der Waals surface area contributed by atoms with Gasteiger partial charge in [-0.3, -0.25) is 9.78 Å². The molecule has 0 radical (unpaired) electrons. The van der Waals surface area contributed by atoms with Crippen molar-refractivity contribution in [2.45, 2.75) is 26.3 Å². The summed E-state index contributed by atoms with van der Waals surface area (Å²) in [6, 6.07) is 14.9. The van der Waals surface area contributed by atoms with Crippen molar-refractivity contribution in [1.29, 1.82) is 0 Å². The van der Waals surface area contributed by atoms with Crippen LogP contribution in [0.1, 0.15) is 35.8 Å². The Morgan fingerprint density at radius 2 is 2.04 bits per heavy atom. The summed E-state index contributed by atoms with van der Waals surface area (Å²) < 4.78 is 5.71. The van der Waals surface area contributed by atoms with Gasteiger partial charge in [-0.1, -0.05) is 37.6 Å². The number of aromatic nitrogens is 2. The van der Waals surface area contributed by atoms with Crippen LogP contribution >= 0.6 is 0 Å². The maximum atomic E-state index is 12.4. The molecule has 2 aromatic heterocycles. The number of amides is 1. The molecule has 1 aromatic carbocycles. The zero-order chi connectivity index (χ0) is 18.9. The first-order chi connectivity index (χ1) is 13.3. The molecule has 3 aromatic rings. The van der Waals surface area contributed by atoms with Gasteiger partial charge in [0.1, 0.15) is 18.1 Å². The van der Waals surface area contributed by atoms with Crippen molar-refractivity contribution in [2.75, 3.05) is 6.61 Å². The van der Waals surface area contributed by atoms with Gasteiger partial charge in [0.15, 0.2) is 0 Å². The number of fused-ring (bicyclic) bond motifs is 1. The summed E-state index contributed by atoms with van der Waals surface area (Å²) in [5.74, 6) is 0.576. The van der Waals surface area contributed by atoms with E-state index in [0.29, 0.717) is 24.4 Å². The minimum absolute atomic E-state index is 0.213. The average molecular weight is 361 g/mol. The Morgan fingerprint density at radius 3 is 2.93 bits per heavy atom. The molecule has 2 heterocycles. The topological polar surface area (TPSA) is 64.1 Å². The summed E-state index contributed by atoms with van der Waals surface area (Å²) in [5, 5.41) is 2.90. The zero-order valence-corrected chi connectivity index (χ0v) is 15.4. The van der Waals surface area contributed by atoms with Crippen molar-refractivity contribution in [3.05, 3.63) is 78.1 Å². The van der Waals surface area contributed by atoms with Crippen LogP contribution in [-0.2, 0) is 6.54 Å². The SMILES string of the molecule is CCCC=CCOc1cccc(CNC(=O)c2ccc3ncccc3n2)c1. The highest BCUT2D eigenvalue weighted by Crippen LogP contribution is 2.14. The third-order valence-electron chi connectivity index (χ3n) is 4.01. The van der Waals surface area contributed by atoms with Gasteiger partial charge in [0, 0.05) is 12.7 Å². The molecule has 3 rings (SSSR count). The van der Waals surface area contributed by atoms with Crippen molar-refractivity contribution in [3.8, 4) is 5.75 Å². The van der Waals surface area contributed by atoms with Gasteiger partial charge < -0.3 is 10.1 Å². The number of hydrogen-bond acceptors (Lipinski definition) is 4. The van der Waals surface area contributed by atoms with Crippen LogP contribution in [-0.4, -0.2) is 22.5 Å². The lowest BCUT2D eigenvalue weighted by Gasteiger charge is -2.08. The predicted molar refractivity (Wildman–Crippen MR) is 107 cm³/mol. The highest BCUT2D eigenvalue weighted by atomic mass is 16.5. The second kappa shape index (κ2) is 9.48. The van der Waals surface area contributed by atoms with Crippen LogP contribution in [0.25, 0.3) is 11.0 Å². The van der Waals surface area contributed by atoms with Crippen LogP contribution < -0.4 is 10.1 Å². The van der Waals surface area contributed by atoms with Gasteiger partial charge in [0.2, 0.25) is 0 Å². The number of nitrogens with one attached hydrogen (secondary N) is 1. The Labute approximate surface area is 159 Å². The van der Waals surface area contributed by atoms with Gasteiger partial charge in [-0.2, -0.15) is 0 Å². The Morgan fingerprint density at radius 1 is 1.11 bits per heavy atom. The van der Waals surface area contributed by atoms with Crippen molar-refractivity contribution >= 4 is 16.9 Å². The van der Waals surface area contributed by atoms with E-state index in [2.05, 4.69) is 28.3 Å². The van der Waals surface area contributed by atoms with E-state index in [1.54, 1.807) is 24.4 Å². The van der Waals surface area contributed by atoms with Gasteiger partial charge in [-0.25, -0.2) is 4.98 Å². The number of carbonyl (C=O) groups is 1. The van der Waals surface area contributed by atoms with Crippen LogP contribution in [0.15, 0.2) is 66.9 Å². The molecule has 0 bridgehead atoms. The lowest BCUT2D eigenvalue weighted by Crippen LogP contribution is -2.23. The summed E-state index contributed by atoms with van der Waals surface area (Å²) in [6.45, 7) is 3.10. The summed E-state index contributed by atoms with van der Waals surface area (Å²) in [6.07, 6.45) is 8.05. The molecule has 1 amide bonds. The first-order valence-electron chi connectivity index (χ1n) is 9.13. The Bertz CT molecular complexity index is 937. The molecular weight excluding hydrogens is 338 g/mol. The molecule has 1 N–H and O–H groups in total. The molecule has 0 saturated heterocycles. The van der Waals surface area contributed by atoms with Gasteiger partial charge >= 0.3 is 0 Å². The van der Waals surface area contributed by atoms with E-state index in [1.807, 2.05) is 36.4 Å². The Balaban J connectivity index is 1.57. The highest BCUT2D eigenvalue weighted by Gasteiger charge is 2.08. The van der Waals surface area contributed by atoms with Gasteiger partial charge in [-0.15, -0.1) is 0 Å². The van der Waals surface area contributed by atoms with Crippen LogP contribution in [0.3, 0.4) is 0 Å². The van der Waals surface area contributed by atoms with Crippen LogP contribution in [0.4, 0.5) is 0 Å². The van der Waals surface area contributed by atoms with Gasteiger partial charge in [0.25, 0.3) is 5.91 Å². The molecule has 0 aliphatic carbocycles. The smallest absolute Gasteiger partial charge is 0.270 e. The predicted octanol–water partition coefficient (Wildman–Crippen LogP) is 4.29. The molecular formula is C22H23N3O2. The molecule has 0 spiro atoms. The maximum Gasteiger partial charge on any atom is 0.270 e. The highest BCUT2D eigenvalue weighted by molar-refractivity contribution is 5.94. The standard InChI is InChI=1S/C22H23N3O2/c1-2-3-4-5-14-27-18-9-6-8-17(15-18)16-24-22(26)21-12-11-19-20(25-21)10-7-13-23-19/h4-13,15H,2-3,14,16H2,1H3,(H,24,26). The molecule has 0 atom stereocenters. The maximum absolute atomic E-state index is 12.4. The van der Waals surface area contributed by atoms with E-state index >= 15 is 0 Å². The summed E-state index contributed by atoms with van der Waals surface area (Å²) in [4.78, 5) is 21.0. The third kappa shape index (κ3) is 5.38. The molecule has 138 valence electrons. The van der Waals surface area contributed by atoms with Crippen LogP contribution in [0, 0.1) is 0 Å². The molecule has 5 nitrogen and oxygen atoms in total. The molecule has 5 heteroatoms. The molecule has 0 saturated carbocycles. The second-order valence-electron chi connectivity index (χ2n) is 6.14. The van der Waals surface area contributed by atoms with Crippen LogP contribution in [0.5, 0.6) is 5.75 Å². The number of carbonyl (C=O) groups excluding carboxylic acids is 1. The quantitative estimate of drug-likeness (QED) is 0.608. The van der Waals surface area contributed by atoms with Crippen molar-refractivity contribution in [2.24, 2.45) is 0 Å². The summed E-state index contributed by atoms with van der Waals surface area (Å²) in [7, 11) is 0. The van der Waals surface area contributed by atoms with E-state index < -0.39 is 0 Å². The number of allylic oxidation sites excluding steroid dienone is 1. The lowest BCUT2D eigenvalue weighted by atomic mass is 10.2. The number of rotatable bonds is 8. The summed E-state index contributed by atoms with van der Waals surface area (Å²) >= 11 is 0. The molecule has 0 fully saturated rings.